The van der Waals surface area contributed by atoms with Crippen molar-refractivity contribution in [1.82, 2.24) is 0 Å². The lowest BCUT2D eigenvalue weighted by Crippen LogP contribution is -1.75. The van der Waals surface area contributed by atoms with Gasteiger partial charge < -0.3 is 0 Å². The summed E-state index contributed by atoms with van der Waals surface area (Å²) in [5, 5.41) is 10.5. The summed E-state index contributed by atoms with van der Waals surface area (Å²) in [5.41, 5.74) is 14.6. The van der Waals surface area contributed by atoms with Gasteiger partial charge in [-0.25, -0.2) is 0 Å². The maximum Gasteiger partial charge on any atom is -0.0155 e. The predicted octanol–water partition coefficient (Wildman–Crippen LogP) is 45.6. The third-order valence-corrected chi connectivity index (χ3v) is 17.1. The van der Waals surface area contributed by atoms with Crippen molar-refractivity contribution in [2.75, 3.05) is 0 Å². The van der Waals surface area contributed by atoms with Crippen LogP contribution in [0.2, 0.25) is 0 Å². The van der Waals surface area contributed by atoms with E-state index in [4.69, 9.17) is 0 Å². The molecular weight excluding hydrogens is 1690 g/mol. The SMILES string of the molecule is CC.CC.CC.CC.CC.CC.CC.CC.CC.CC.CC.CC.Cc1cccc2ccccc12.Cc1ccccc1.Cc1ccccc1.Cc1ccccc1.Cc1ccccc1.Cc1ccccc1.Cc1ccccc1.Cc1ccccc1.Cc1ccccc1.Cc1ccccc1.Cc1ccccc1.c1ccc2ccccc2c1.c1ccc2ccccc2c1.c1ccc2ccccc2c1.c1ccccc1. The Bertz CT molecular complexity index is 4430. The molecule has 0 aliphatic heterocycles. The molecule has 0 fully saturated rings. The minimum Gasteiger partial charge on any atom is -0.0683 e. The monoisotopic (exact) mass is 1890 g/mol. The Morgan fingerprint density at radius 1 is 0.0780 bits per heavy atom. The summed E-state index contributed by atoms with van der Waals surface area (Å²) >= 11 is 0. The number of aryl methyl sites for hydroxylation is 11. The number of fused-ring (bicyclic) bond motifs is 4. The van der Waals surface area contributed by atoms with E-state index in [1.807, 2.05) is 385 Å². The van der Waals surface area contributed by atoms with Gasteiger partial charge in [-0.3, -0.25) is 0 Å². The first-order valence-electron chi connectivity index (χ1n) is 52.1. The summed E-state index contributed by atoms with van der Waals surface area (Å²) < 4.78 is 0. The Morgan fingerprint density at radius 3 is 0.262 bits per heavy atom. The number of benzene rings is 19. The zero-order valence-electron chi connectivity index (χ0n) is 94.7. The molecule has 0 spiro atoms. The minimum absolute atomic E-state index is 1.31. The Morgan fingerprint density at radius 2 is 0.163 bits per heavy atom. The van der Waals surface area contributed by atoms with Crippen LogP contribution >= 0.6 is 0 Å². The van der Waals surface area contributed by atoms with Gasteiger partial charge in [-0.2, -0.15) is 0 Å². The maximum absolute atomic E-state index is 2.16. The molecule has 0 heteroatoms. The van der Waals surface area contributed by atoms with E-state index in [-0.39, 0.29) is 0 Å². The van der Waals surface area contributed by atoms with Crippen LogP contribution in [0.5, 0.6) is 0 Å². The van der Waals surface area contributed by atoms with Gasteiger partial charge in [-0.15, -0.1) is 0 Å². The van der Waals surface area contributed by atoms with E-state index in [2.05, 4.69) is 386 Å². The van der Waals surface area contributed by atoms with Crippen LogP contribution in [0.15, 0.2) is 528 Å². The fourth-order valence-corrected chi connectivity index (χ4v) is 10.5. The van der Waals surface area contributed by atoms with Crippen LogP contribution in [0, 0.1) is 76.2 Å². The van der Waals surface area contributed by atoms with Crippen molar-refractivity contribution in [3.8, 4) is 0 Å². The van der Waals surface area contributed by atoms with Crippen LogP contribution in [0.1, 0.15) is 227 Å². The Balaban J connectivity index is -0.000000221. The van der Waals surface area contributed by atoms with Crippen molar-refractivity contribution in [3.63, 3.8) is 0 Å². The number of hydrogen-bond acceptors (Lipinski definition) is 0. The van der Waals surface area contributed by atoms with Gasteiger partial charge in [0, 0.05) is 0 Å². The fourth-order valence-electron chi connectivity index (χ4n) is 10.5. The van der Waals surface area contributed by atoms with Crippen LogP contribution in [0.3, 0.4) is 0 Å². The van der Waals surface area contributed by atoms with Gasteiger partial charge in [0.2, 0.25) is 0 Å². The van der Waals surface area contributed by atoms with Crippen LogP contribution < -0.4 is 0 Å². The van der Waals surface area contributed by atoms with Gasteiger partial charge in [0.25, 0.3) is 0 Å². The first-order chi connectivity index (χ1) is 69.2. The van der Waals surface area contributed by atoms with Gasteiger partial charge in [-0.05, 0) is 125 Å². The summed E-state index contributed by atoms with van der Waals surface area (Å²) in [7, 11) is 0. The van der Waals surface area contributed by atoms with Crippen molar-refractivity contribution >= 4 is 43.1 Å². The molecular formula is C141H192. The highest BCUT2D eigenvalue weighted by Gasteiger charge is 1.93. The zero-order chi connectivity index (χ0) is 107. The Kier molecular flexibility index (Phi) is 118. The summed E-state index contributed by atoms with van der Waals surface area (Å²) in [6.07, 6.45) is 0. The molecule has 0 saturated heterocycles. The van der Waals surface area contributed by atoms with Gasteiger partial charge in [0.05, 0.1) is 0 Å². The topological polar surface area (TPSA) is 0 Å². The van der Waals surface area contributed by atoms with Crippen molar-refractivity contribution < 1.29 is 0 Å². The summed E-state index contributed by atoms with van der Waals surface area (Å²) in [5.74, 6) is 0. The number of rotatable bonds is 0. The molecule has 141 heavy (non-hydrogen) atoms. The van der Waals surface area contributed by atoms with Crippen LogP contribution in [-0.2, 0) is 0 Å². The van der Waals surface area contributed by atoms with Crippen LogP contribution in [0.4, 0.5) is 0 Å². The van der Waals surface area contributed by atoms with E-state index in [0.717, 1.165) is 0 Å². The second-order valence-electron chi connectivity index (χ2n) is 27.5. The molecule has 0 bridgehead atoms. The quantitative estimate of drug-likeness (QED) is 0.142. The summed E-state index contributed by atoms with van der Waals surface area (Å²) in [6.45, 7) is 71.0. The molecule has 0 aromatic heterocycles. The van der Waals surface area contributed by atoms with Gasteiger partial charge in [0.15, 0.2) is 0 Å². The molecule has 19 rings (SSSR count). The van der Waals surface area contributed by atoms with E-state index < -0.39 is 0 Å². The normalized spacial score (nSPS) is 8.11. The van der Waals surface area contributed by atoms with Crippen molar-refractivity contribution in [1.29, 1.82) is 0 Å². The Labute approximate surface area is 868 Å². The molecule has 0 heterocycles. The van der Waals surface area contributed by atoms with E-state index in [1.54, 1.807) is 0 Å². The molecule has 756 valence electrons. The average Bonchev–Trinajstić information content (AvgIpc) is 0.841. The molecule has 0 nitrogen and oxygen atoms in total. The van der Waals surface area contributed by atoms with E-state index >= 15 is 0 Å². The molecule has 0 radical (unpaired) electrons. The molecule has 0 atom stereocenters. The smallest absolute Gasteiger partial charge is 0.0155 e. The summed E-state index contributed by atoms with van der Waals surface area (Å²) in [4.78, 5) is 0. The lowest BCUT2D eigenvalue weighted by molar-refractivity contribution is 1.48. The third-order valence-electron chi connectivity index (χ3n) is 17.1. The largest absolute Gasteiger partial charge is 0.0683 e. The Hall–Kier alpha value is -13.8. The predicted molar refractivity (Wildman–Crippen MR) is 655 cm³/mol. The van der Waals surface area contributed by atoms with E-state index in [9.17, 15) is 0 Å². The lowest BCUT2D eigenvalue weighted by atomic mass is 10.1. The standard InChI is InChI=1S/C11H10.3C10H8.10C7H8.C6H6.12C2H6/c1-9-5-4-7-10-6-2-3-8-11(9)10;3*1-2-6-10-8-4-3-7-9(10)5-1;10*1-7-5-3-2-4-6-7;1-2-4-6-5-3-1;12*1-2/h2-8H,1H3;3*1-8H;10*2-6H,1H3;1-6H;12*1-2H3. The molecule has 0 amide bonds. The molecule has 0 saturated carbocycles. The highest BCUT2D eigenvalue weighted by Crippen LogP contribution is 2.18. The second-order valence-corrected chi connectivity index (χ2v) is 27.5. The van der Waals surface area contributed by atoms with E-state index in [0.29, 0.717) is 0 Å². The highest BCUT2D eigenvalue weighted by atomic mass is 14.0. The lowest BCUT2D eigenvalue weighted by Gasteiger charge is -1.98. The molecule has 0 N–H and O–H groups in total. The summed E-state index contributed by atoms with van der Waals surface area (Å²) in [6, 6.07) is 180. The van der Waals surface area contributed by atoms with Crippen LogP contribution in [0.25, 0.3) is 43.1 Å². The first kappa shape index (κ1) is 143. The van der Waals surface area contributed by atoms with Crippen molar-refractivity contribution in [2.24, 2.45) is 0 Å². The first-order valence-corrected chi connectivity index (χ1v) is 52.1. The highest BCUT2D eigenvalue weighted by molar-refractivity contribution is 5.86. The molecule has 0 unspecified atom stereocenters. The van der Waals surface area contributed by atoms with Gasteiger partial charge in [0.1, 0.15) is 0 Å². The van der Waals surface area contributed by atoms with Gasteiger partial charge >= 0.3 is 0 Å². The zero-order valence-corrected chi connectivity index (χ0v) is 94.7. The molecule has 0 aliphatic carbocycles. The van der Waals surface area contributed by atoms with Gasteiger partial charge in [-0.1, -0.05) is 750 Å². The van der Waals surface area contributed by atoms with Crippen LogP contribution in [-0.4, -0.2) is 0 Å². The number of hydrogen-bond donors (Lipinski definition) is 0. The van der Waals surface area contributed by atoms with E-state index in [1.165, 1.54) is 104 Å². The van der Waals surface area contributed by atoms with Crippen molar-refractivity contribution in [3.05, 3.63) is 589 Å². The molecule has 19 aromatic rings. The second kappa shape index (κ2) is 117. The molecule has 19 aromatic carbocycles. The molecule has 0 aliphatic rings. The third kappa shape index (κ3) is 89.9. The average molecular weight is 1890 g/mol. The fraction of sp³-hybridized carbons (Fsp3) is 0.248. The minimum atomic E-state index is 1.31. The maximum atomic E-state index is 2.16. The van der Waals surface area contributed by atoms with Crippen molar-refractivity contribution in [2.45, 2.75) is 242 Å².